The van der Waals surface area contributed by atoms with E-state index in [2.05, 4.69) is 29.5 Å². The molecule has 0 aliphatic rings. The highest BCUT2D eigenvalue weighted by Crippen LogP contribution is 2.11. The highest BCUT2D eigenvalue weighted by Gasteiger charge is 2.06. The van der Waals surface area contributed by atoms with Gasteiger partial charge in [0.05, 0.1) is 11.9 Å². The first-order chi connectivity index (χ1) is 8.66. The molecule has 5 heteroatoms. The van der Waals surface area contributed by atoms with Crippen molar-refractivity contribution in [1.82, 2.24) is 20.3 Å². The summed E-state index contributed by atoms with van der Waals surface area (Å²) in [4.78, 5) is 0. The van der Waals surface area contributed by atoms with E-state index in [-0.39, 0.29) is 5.82 Å². The van der Waals surface area contributed by atoms with E-state index in [0.29, 0.717) is 18.2 Å². The van der Waals surface area contributed by atoms with E-state index < -0.39 is 0 Å². The zero-order valence-corrected chi connectivity index (χ0v) is 10.6. The van der Waals surface area contributed by atoms with Gasteiger partial charge in [-0.25, -0.2) is 9.07 Å². The fraction of sp³-hybridized carbons (Fsp3) is 0.385. The Labute approximate surface area is 106 Å². The summed E-state index contributed by atoms with van der Waals surface area (Å²) in [5, 5.41) is 11.2. The third-order valence-electron chi connectivity index (χ3n) is 2.50. The number of benzene rings is 1. The van der Waals surface area contributed by atoms with Crippen LogP contribution in [0.3, 0.4) is 0 Å². The lowest BCUT2D eigenvalue weighted by molar-refractivity contribution is 0.548. The van der Waals surface area contributed by atoms with Crippen LogP contribution in [0.1, 0.15) is 19.5 Å². The summed E-state index contributed by atoms with van der Waals surface area (Å²) in [5.74, 6) is 0.288. The molecule has 0 spiro atoms. The van der Waals surface area contributed by atoms with Crippen LogP contribution in [0.2, 0.25) is 0 Å². The van der Waals surface area contributed by atoms with Crippen molar-refractivity contribution in [1.29, 1.82) is 0 Å². The van der Waals surface area contributed by atoms with Gasteiger partial charge < -0.3 is 5.32 Å². The maximum atomic E-state index is 13.5. The minimum absolute atomic E-state index is 0.302. The molecule has 96 valence electrons. The van der Waals surface area contributed by atoms with E-state index in [4.69, 9.17) is 0 Å². The fourth-order valence-corrected chi connectivity index (χ4v) is 1.62. The van der Waals surface area contributed by atoms with Gasteiger partial charge in [0.15, 0.2) is 0 Å². The Morgan fingerprint density at radius 1 is 1.33 bits per heavy atom. The summed E-state index contributed by atoms with van der Waals surface area (Å²) in [6.07, 6.45) is 1.74. The summed E-state index contributed by atoms with van der Waals surface area (Å²) < 4.78 is 15.0. The molecule has 0 saturated heterocycles. The van der Waals surface area contributed by atoms with Crippen LogP contribution >= 0.6 is 0 Å². The van der Waals surface area contributed by atoms with Crippen LogP contribution in [0, 0.1) is 11.7 Å². The summed E-state index contributed by atoms with van der Waals surface area (Å²) in [7, 11) is 0. The largest absolute Gasteiger partial charge is 0.311 e. The minimum atomic E-state index is -0.302. The predicted octanol–water partition coefficient (Wildman–Crippen LogP) is 2.15. The van der Waals surface area contributed by atoms with Gasteiger partial charge in [0.25, 0.3) is 0 Å². The van der Waals surface area contributed by atoms with E-state index >= 15 is 0 Å². The summed E-state index contributed by atoms with van der Waals surface area (Å²) in [5.41, 5.74) is 1.22. The van der Waals surface area contributed by atoms with Gasteiger partial charge in [-0.1, -0.05) is 31.2 Å². The normalized spacial score (nSPS) is 11.1. The van der Waals surface area contributed by atoms with Crippen molar-refractivity contribution in [2.75, 3.05) is 6.54 Å². The van der Waals surface area contributed by atoms with Crippen LogP contribution in [0.25, 0.3) is 5.69 Å². The Morgan fingerprint density at radius 2 is 2.11 bits per heavy atom. The Morgan fingerprint density at radius 3 is 2.83 bits per heavy atom. The molecule has 1 N–H and O–H groups in total. The third kappa shape index (κ3) is 3.13. The average Bonchev–Trinajstić information content (AvgIpc) is 2.78. The van der Waals surface area contributed by atoms with Gasteiger partial charge in [0, 0.05) is 6.54 Å². The molecule has 4 nitrogen and oxygen atoms in total. The second-order valence-corrected chi connectivity index (χ2v) is 4.63. The van der Waals surface area contributed by atoms with Gasteiger partial charge >= 0.3 is 0 Å². The molecular formula is C13H17FN4. The van der Waals surface area contributed by atoms with Crippen molar-refractivity contribution in [2.24, 2.45) is 5.92 Å². The quantitative estimate of drug-likeness (QED) is 0.881. The zero-order valence-electron chi connectivity index (χ0n) is 10.6. The standard InChI is InChI=1S/C13H17FN4/c1-10(2)7-15-8-11-9-18(17-16-11)13-6-4-3-5-12(13)14/h3-6,9-10,15H,7-8H2,1-2H3. The van der Waals surface area contributed by atoms with Crippen LogP contribution in [-0.4, -0.2) is 21.5 Å². The predicted molar refractivity (Wildman–Crippen MR) is 67.9 cm³/mol. The summed E-state index contributed by atoms with van der Waals surface area (Å²) in [6.45, 7) is 5.85. The molecule has 1 aromatic carbocycles. The Balaban J connectivity index is 2.04. The number of aromatic nitrogens is 3. The molecule has 0 amide bonds. The number of halogens is 1. The van der Waals surface area contributed by atoms with E-state index in [1.54, 1.807) is 24.4 Å². The molecule has 0 unspecified atom stereocenters. The van der Waals surface area contributed by atoms with E-state index in [1.807, 2.05) is 0 Å². The van der Waals surface area contributed by atoms with E-state index in [0.717, 1.165) is 12.2 Å². The number of rotatable bonds is 5. The van der Waals surface area contributed by atoms with Gasteiger partial charge in [-0.3, -0.25) is 0 Å². The lowest BCUT2D eigenvalue weighted by atomic mass is 10.2. The summed E-state index contributed by atoms with van der Waals surface area (Å²) >= 11 is 0. The van der Waals surface area contributed by atoms with Crippen molar-refractivity contribution in [2.45, 2.75) is 20.4 Å². The number of hydrogen-bond acceptors (Lipinski definition) is 3. The molecule has 0 radical (unpaired) electrons. The fourth-order valence-electron chi connectivity index (χ4n) is 1.62. The molecule has 1 aromatic heterocycles. The molecule has 0 aliphatic carbocycles. The van der Waals surface area contributed by atoms with Crippen LogP contribution in [0.15, 0.2) is 30.5 Å². The van der Waals surface area contributed by atoms with Crippen LogP contribution in [0.5, 0.6) is 0 Å². The molecule has 0 atom stereocenters. The van der Waals surface area contributed by atoms with Gasteiger partial charge in [0.1, 0.15) is 11.5 Å². The average molecular weight is 248 g/mol. The third-order valence-corrected chi connectivity index (χ3v) is 2.50. The number of nitrogens with one attached hydrogen (secondary N) is 1. The van der Waals surface area contributed by atoms with Crippen LogP contribution in [0.4, 0.5) is 4.39 Å². The van der Waals surface area contributed by atoms with Crippen LogP contribution < -0.4 is 5.32 Å². The molecule has 1 heterocycles. The maximum Gasteiger partial charge on any atom is 0.148 e. The molecular weight excluding hydrogens is 231 g/mol. The Hall–Kier alpha value is -1.75. The van der Waals surface area contributed by atoms with Gasteiger partial charge in [-0.15, -0.1) is 5.10 Å². The smallest absolute Gasteiger partial charge is 0.148 e. The molecule has 0 saturated carbocycles. The number of hydrogen-bond donors (Lipinski definition) is 1. The van der Waals surface area contributed by atoms with Crippen molar-refractivity contribution < 1.29 is 4.39 Å². The molecule has 0 aliphatic heterocycles. The monoisotopic (exact) mass is 248 g/mol. The number of para-hydroxylation sites is 1. The van der Waals surface area contributed by atoms with Crippen molar-refractivity contribution in [3.8, 4) is 5.69 Å². The van der Waals surface area contributed by atoms with Crippen LogP contribution in [-0.2, 0) is 6.54 Å². The second kappa shape index (κ2) is 5.73. The van der Waals surface area contributed by atoms with Crippen molar-refractivity contribution in [3.63, 3.8) is 0 Å². The zero-order chi connectivity index (χ0) is 13.0. The highest BCUT2D eigenvalue weighted by molar-refractivity contribution is 5.32. The Kier molecular flexibility index (Phi) is 4.04. The molecule has 0 bridgehead atoms. The SMILES string of the molecule is CC(C)CNCc1cn(-c2ccccc2F)nn1. The lowest BCUT2D eigenvalue weighted by Crippen LogP contribution is -2.19. The molecule has 0 fully saturated rings. The molecule has 2 rings (SSSR count). The van der Waals surface area contributed by atoms with Gasteiger partial charge in [0.2, 0.25) is 0 Å². The lowest BCUT2D eigenvalue weighted by Gasteiger charge is -2.04. The minimum Gasteiger partial charge on any atom is -0.311 e. The van der Waals surface area contributed by atoms with Gasteiger partial charge in [-0.2, -0.15) is 0 Å². The maximum absolute atomic E-state index is 13.5. The first-order valence-electron chi connectivity index (χ1n) is 6.03. The summed E-state index contributed by atoms with van der Waals surface area (Å²) in [6, 6.07) is 6.51. The molecule has 2 aromatic rings. The number of nitrogens with zero attached hydrogens (tertiary/aromatic N) is 3. The van der Waals surface area contributed by atoms with Crippen molar-refractivity contribution in [3.05, 3.63) is 42.0 Å². The highest BCUT2D eigenvalue weighted by atomic mass is 19.1. The first kappa shape index (κ1) is 12.7. The van der Waals surface area contributed by atoms with Crippen molar-refractivity contribution >= 4 is 0 Å². The second-order valence-electron chi connectivity index (χ2n) is 4.63. The topological polar surface area (TPSA) is 42.7 Å². The first-order valence-corrected chi connectivity index (χ1v) is 6.03. The molecule has 18 heavy (non-hydrogen) atoms. The Bertz CT molecular complexity index is 507. The van der Waals surface area contributed by atoms with E-state index in [9.17, 15) is 4.39 Å². The van der Waals surface area contributed by atoms with Gasteiger partial charge in [-0.05, 0) is 24.6 Å². The van der Waals surface area contributed by atoms with E-state index in [1.165, 1.54) is 10.7 Å².